The lowest BCUT2D eigenvalue weighted by Gasteiger charge is -2.37. The Kier molecular flexibility index (Phi) is 8.14. The SMILES string of the molecule is N=C(c1c(N2CCC(COCc3ccccc3)CC2)cc(C(O)O)nc1Nc1ccccc1)C1CCC1. The zero-order valence-electron chi connectivity index (χ0n) is 21.1. The minimum atomic E-state index is -1.69. The van der Waals surface area contributed by atoms with Gasteiger partial charge in [0.05, 0.1) is 17.9 Å². The van der Waals surface area contributed by atoms with Crippen molar-refractivity contribution < 1.29 is 14.9 Å². The van der Waals surface area contributed by atoms with Crippen molar-refractivity contribution in [1.82, 2.24) is 4.98 Å². The number of aromatic nitrogens is 1. The maximum absolute atomic E-state index is 10.0. The van der Waals surface area contributed by atoms with E-state index in [-0.39, 0.29) is 11.6 Å². The van der Waals surface area contributed by atoms with Gasteiger partial charge in [0.15, 0.2) is 6.29 Å². The van der Waals surface area contributed by atoms with E-state index in [2.05, 4.69) is 27.3 Å². The van der Waals surface area contributed by atoms with Crippen molar-refractivity contribution in [1.29, 1.82) is 5.41 Å². The Hall–Kier alpha value is -3.26. The number of pyridine rings is 1. The van der Waals surface area contributed by atoms with Crippen LogP contribution in [-0.2, 0) is 11.3 Å². The monoisotopic (exact) mass is 500 g/mol. The largest absolute Gasteiger partial charge is 0.376 e. The predicted molar refractivity (Wildman–Crippen MR) is 146 cm³/mol. The molecule has 0 unspecified atom stereocenters. The zero-order chi connectivity index (χ0) is 25.6. The van der Waals surface area contributed by atoms with Crippen LogP contribution >= 0.6 is 0 Å². The van der Waals surface area contributed by atoms with Gasteiger partial charge in [-0.2, -0.15) is 0 Å². The Morgan fingerprint density at radius 3 is 2.30 bits per heavy atom. The number of piperidine rings is 1. The Morgan fingerprint density at radius 1 is 1.00 bits per heavy atom. The second-order valence-corrected chi connectivity index (χ2v) is 10.1. The van der Waals surface area contributed by atoms with E-state index in [0.717, 1.165) is 68.7 Å². The van der Waals surface area contributed by atoms with Crippen molar-refractivity contribution in [3.05, 3.63) is 83.6 Å². The molecule has 2 aliphatic rings. The standard InChI is InChI=1S/C30H36N4O3/c31-28(23-10-7-11-23)27-26(18-25(30(35)36)33-29(27)32-24-12-5-2-6-13-24)34-16-14-22(15-17-34)20-37-19-21-8-3-1-4-9-21/h1-6,8-9,12-13,18,22-23,30-31,35-36H,7,10-11,14-17,19-20H2,(H,32,33). The van der Waals surface area contributed by atoms with Crippen LogP contribution in [0.2, 0.25) is 0 Å². The van der Waals surface area contributed by atoms with Crippen LogP contribution in [0.15, 0.2) is 66.7 Å². The van der Waals surface area contributed by atoms with Gasteiger partial charge in [0.25, 0.3) is 0 Å². The molecule has 1 aliphatic carbocycles. The molecule has 7 nitrogen and oxygen atoms in total. The highest BCUT2D eigenvalue weighted by atomic mass is 16.5. The van der Waals surface area contributed by atoms with E-state index < -0.39 is 6.29 Å². The third-order valence-electron chi connectivity index (χ3n) is 7.52. The average Bonchev–Trinajstić information content (AvgIpc) is 2.89. The first-order chi connectivity index (χ1) is 18.1. The minimum Gasteiger partial charge on any atom is -0.376 e. The summed E-state index contributed by atoms with van der Waals surface area (Å²) < 4.78 is 6.01. The number of aliphatic hydroxyl groups is 2. The van der Waals surface area contributed by atoms with Gasteiger partial charge < -0.3 is 30.6 Å². The fourth-order valence-corrected chi connectivity index (χ4v) is 5.11. The number of ether oxygens (including phenoxy) is 1. The predicted octanol–water partition coefficient (Wildman–Crippen LogP) is 5.41. The van der Waals surface area contributed by atoms with Crippen LogP contribution in [0.5, 0.6) is 0 Å². The quantitative estimate of drug-likeness (QED) is 0.219. The van der Waals surface area contributed by atoms with Crippen molar-refractivity contribution in [2.45, 2.75) is 45.0 Å². The summed E-state index contributed by atoms with van der Waals surface area (Å²) in [4.78, 5) is 6.85. The van der Waals surface area contributed by atoms with Crippen molar-refractivity contribution in [2.24, 2.45) is 11.8 Å². The smallest absolute Gasteiger partial charge is 0.196 e. The van der Waals surface area contributed by atoms with E-state index in [1.807, 2.05) is 48.5 Å². The normalized spacial score (nSPS) is 16.6. The van der Waals surface area contributed by atoms with Crippen LogP contribution < -0.4 is 10.2 Å². The Morgan fingerprint density at radius 2 is 1.68 bits per heavy atom. The maximum atomic E-state index is 10.0. The molecule has 2 heterocycles. The van der Waals surface area contributed by atoms with E-state index in [4.69, 9.17) is 10.1 Å². The second kappa shape index (κ2) is 11.9. The van der Waals surface area contributed by atoms with E-state index in [9.17, 15) is 10.2 Å². The first-order valence-electron chi connectivity index (χ1n) is 13.3. The lowest BCUT2D eigenvalue weighted by Crippen LogP contribution is -2.37. The zero-order valence-corrected chi connectivity index (χ0v) is 21.1. The molecule has 0 spiro atoms. The molecule has 37 heavy (non-hydrogen) atoms. The lowest BCUT2D eigenvalue weighted by atomic mass is 9.79. The molecular weight excluding hydrogens is 464 g/mol. The average molecular weight is 501 g/mol. The molecule has 0 amide bonds. The molecule has 0 radical (unpaired) electrons. The second-order valence-electron chi connectivity index (χ2n) is 10.1. The summed E-state index contributed by atoms with van der Waals surface area (Å²) in [7, 11) is 0. The summed E-state index contributed by atoms with van der Waals surface area (Å²) in [5, 5.41) is 32.5. The summed E-state index contributed by atoms with van der Waals surface area (Å²) in [6.45, 7) is 2.99. The van der Waals surface area contributed by atoms with Gasteiger partial charge >= 0.3 is 0 Å². The van der Waals surface area contributed by atoms with Gasteiger partial charge in [-0.05, 0) is 55.4 Å². The molecule has 7 heteroatoms. The molecule has 5 rings (SSSR count). The third kappa shape index (κ3) is 6.18. The topological polar surface area (TPSA) is 102 Å². The molecule has 0 atom stereocenters. The highest BCUT2D eigenvalue weighted by Crippen LogP contribution is 2.39. The third-order valence-corrected chi connectivity index (χ3v) is 7.52. The van der Waals surface area contributed by atoms with Gasteiger partial charge in [-0.15, -0.1) is 0 Å². The number of benzene rings is 2. The lowest BCUT2D eigenvalue weighted by molar-refractivity contribution is -0.0457. The van der Waals surface area contributed by atoms with E-state index in [1.54, 1.807) is 6.07 Å². The maximum Gasteiger partial charge on any atom is 0.196 e. The van der Waals surface area contributed by atoms with Gasteiger partial charge in [-0.25, -0.2) is 4.98 Å². The molecule has 4 N–H and O–H groups in total. The van der Waals surface area contributed by atoms with Gasteiger partial charge in [-0.3, -0.25) is 0 Å². The van der Waals surface area contributed by atoms with Crippen LogP contribution in [0.25, 0.3) is 0 Å². The number of aliphatic hydroxyl groups excluding tert-OH is 1. The molecule has 0 bridgehead atoms. The Bertz CT molecular complexity index is 1170. The minimum absolute atomic E-state index is 0.187. The number of anilines is 3. The van der Waals surface area contributed by atoms with Crippen molar-refractivity contribution in [3.8, 4) is 0 Å². The summed E-state index contributed by atoms with van der Waals surface area (Å²) in [5.41, 5.74) is 4.44. The number of hydrogen-bond acceptors (Lipinski definition) is 7. The molecule has 1 aromatic heterocycles. The van der Waals surface area contributed by atoms with Crippen LogP contribution in [-0.4, -0.2) is 40.6 Å². The first kappa shape index (κ1) is 25.4. The molecule has 2 aromatic carbocycles. The number of rotatable bonds is 10. The number of nitrogens with zero attached hydrogens (tertiary/aromatic N) is 2. The van der Waals surface area contributed by atoms with Crippen molar-refractivity contribution in [3.63, 3.8) is 0 Å². The van der Waals surface area contributed by atoms with Gasteiger partial charge in [0, 0.05) is 37.0 Å². The van der Waals surface area contributed by atoms with Crippen molar-refractivity contribution in [2.75, 3.05) is 29.9 Å². The van der Waals surface area contributed by atoms with Gasteiger partial charge in [-0.1, -0.05) is 55.0 Å². The number of hydrogen-bond donors (Lipinski definition) is 4. The molecule has 1 aliphatic heterocycles. The summed E-state index contributed by atoms with van der Waals surface area (Å²) in [5.74, 6) is 1.20. The highest BCUT2D eigenvalue weighted by molar-refractivity contribution is 6.09. The molecule has 1 saturated carbocycles. The van der Waals surface area contributed by atoms with Crippen LogP contribution in [0.1, 0.15) is 55.2 Å². The molecule has 194 valence electrons. The van der Waals surface area contributed by atoms with Gasteiger partial charge in [0.2, 0.25) is 0 Å². The summed E-state index contributed by atoms with van der Waals surface area (Å²) >= 11 is 0. The summed E-state index contributed by atoms with van der Waals surface area (Å²) in [6.07, 6.45) is 3.42. The summed E-state index contributed by atoms with van der Waals surface area (Å²) in [6, 6.07) is 21.7. The molecule has 3 aromatic rings. The van der Waals surface area contributed by atoms with Crippen LogP contribution in [0, 0.1) is 17.2 Å². The molecular formula is C30H36N4O3. The molecule has 1 saturated heterocycles. The fourth-order valence-electron chi connectivity index (χ4n) is 5.11. The van der Waals surface area contributed by atoms with Crippen LogP contribution in [0.3, 0.4) is 0 Å². The first-order valence-corrected chi connectivity index (χ1v) is 13.3. The van der Waals surface area contributed by atoms with E-state index in [1.165, 1.54) is 5.56 Å². The van der Waals surface area contributed by atoms with Gasteiger partial charge in [0.1, 0.15) is 11.5 Å². The Labute approximate surface area is 218 Å². The van der Waals surface area contributed by atoms with Crippen LogP contribution in [0.4, 0.5) is 17.2 Å². The Balaban J connectivity index is 1.36. The fraction of sp³-hybridized carbons (Fsp3) is 0.400. The van der Waals surface area contributed by atoms with Crippen molar-refractivity contribution >= 4 is 22.9 Å². The van der Waals surface area contributed by atoms with E-state index >= 15 is 0 Å². The number of para-hydroxylation sites is 1. The van der Waals surface area contributed by atoms with E-state index in [0.29, 0.717) is 24.1 Å². The number of nitrogens with one attached hydrogen (secondary N) is 2. The highest BCUT2D eigenvalue weighted by Gasteiger charge is 2.31. The molecule has 2 fully saturated rings.